The number of fused-ring (bicyclic) bond motifs is 1. The second-order valence-corrected chi connectivity index (χ2v) is 6.46. The van der Waals surface area contributed by atoms with Crippen LogP contribution in [0.25, 0.3) is 22.2 Å². The van der Waals surface area contributed by atoms with E-state index in [1.807, 2.05) is 17.6 Å². The van der Waals surface area contributed by atoms with Crippen LogP contribution in [-0.4, -0.2) is 33.7 Å². The number of ether oxygens (including phenoxy) is 1. The summed E-state index contributed by atoms with van der Waals surface area (Å²) in [7, 11) is 1.48. The number of carbonyl (C=O) groups is 1. The van der Waals surface area contributed by atoms with Crippen molar-refractivity contribution in [1.82, 2.24) is 14.5 Å². The summed E-state index contributed by atoms with van der Waals surface area (Å²) in [5, 5.41) is 3.46. The van der Waals surface area contributed by atoms with Crippen molar-refractivity contribution in [3.63, 3.8) is 0 Å². The highest BCUT2D eigenvalue weighted by Crippen LogP contribution is 2.36. The van der Waals surface area contributed by atoms with Crippen molar-refractivity contribution in [3.8, 4) is 17.1 Å². The Labute approximate surface area is 154 Å². The molecule has 0 saturated heterocycles. The van der Waals surface area contributed by atoms with Gasteiger partial charge in [-0.2, -0.15) is 0 Å². The van der Waals surface area contributed by atoms with Gasteiger partial charge in [0, 0.05) is 11.9 Å². The summed E-state index contributed by atoms with van der Waals surface area (Å²) in [6.07, 6.45) is 1.94. The van der Waals surface area contributed by atoms with E-state index in [1.54, 1.807) is 12.3 Å². The lowest BCUT2D eigenvalue weighted by molar-refractivity contribution is -0.117. The van der Waals surface area contributed by atoms with Gasteiger partial charge in [0.2, 0.25) is 11.8 Å². The summed E-state index contributed by atoms with van der Waals surface area (Å²) in [6, 6.07) is 4.96. The first-order valence-corrected chi connectivity index (χ1v) is 8.66. The molecular weight excluding hydrogens is 354 g/mol. The number of aryl methyl sites for hydroxylation is 1. The van der Waals surface area contributed by atoms with Crippen LogP contribution in [0.15, 0.2) is 30.6 Å². The number of carbonyl (C=O) groups excluding carboxylic acids is 1. The molecule has 3 aromatic heterocycles. The molecule has 0 radical (unpaired) electrons. The molecule has 1 N–H and O–H groups in total. The number of alkyl halides is 1. The second kappa shape index (κ2) is 6.61. The number of nitrogens with zero attached hydrogens (tertiary/aromatic N) is 3. The van der Waals surface area contributed by atoms with E-state index in [-0.39, 0.29) is 12.3 Å². The highest BCUT2D eigenvalue weighted by molar-refractivity contribution is 5.96. The molecule has 6 nitrogen and oxygen atoms in total. The Balaban J connectivity index is 1.76. The molecule has 0 bridgehead atoms. The van der Waals surface area contributed by atoms with Gasteiger partial charge in [-0.15, -0.1) is 0 Å². The van der Waals surface area contributed by atoms with Crippen LogP contribution in [0.1, 0.15) is 13.3 Å². The quantitative estimate of drug-likeness (QED) is 0.744. The van der Waals surface area contributed by atoms with E-state index in [1.165, 1.54) is 13.2 Å². The van der Waals surface area contributed by atoms with E-state index in [2.05, 4.69) is 15.3 Å². The van der Waals surface area contributed by atoms with Crippen LogP contribution >= 0.6 is 0 Å². The molecule has 3 heterocycles. The van der Waals surface area contributed by atoms with Crippen molar-refractivity contribution in [3.05, 3.63) is 36.4 Å². The Morgan fingerprint density at radius 2 is 2.11 bits per heavy atom. The number of halogens is 2. The molecule has 1 saturated carbocycles. The average molecular weight is 372 g/mol. The summed E-state index contributed by atoms with van der Waals surface area (Å²) in [5.74, 6) is -0.731. The molecule has 1 amide bonds. The molecule has 0 spiro atoms. The standard InChI is InChI=1S/C19H18F2N4O2/c1-3-25-15(13-6-11(20)8-23-19(13)27-2)4-10-5-17(22-9-16(10)25)24-18(26)12-7-14(12)21/h4-6,8-9,12,14H,3,7H2,1-2H3,(H,22,24,26). The summed E-state index contributed by atoms with van der Waals surface area (Å²) < 4.78 is 34.0. The maximum absolute atomic E-state index is 13.8. The van der Waals surface area contributed by atoms with E-state index < -0.39 is 17.9 Å². The molecule has 0 aromatic carbocycles. The fourth-order valence-electron chi connectivity index (χ4n) is 3.22. The van der Waals surface area contributed by atoms with Crippen molar-refractivity contribution < 1.29 is 18.3 Å². The van der Waals surface area contributed by atoms with E-state index in [9.17, 15) is 13.6 Å². The predicted molar refractivity (Wildman–Crippen MR) is 96.8 cm³/mol. The Morgan fingerprint density at radius 3 is 2.78 bits per heavy atom. The average Bonchev–Trinajstić information content (AvgIpc) is 3.28. The van der Waals surface area contributed by atoms with Crippen molar-refractivity contribution in [1.29, 1.82) is 0 Å². The Hall–Kier alpha value is -3.03. The zero-order valence-corrected chi connectivity index (χ0v) is 14.9. The molecule has 8 heteroatoms. The van der Waals surface area contributed by atoms with Gasteiger partial charge in [-0.3, -0.25) is 4.79 Å². The van der Waals surface area contributed by atoms with E-state index in [0.29, 0.717) is 23.8 Å². The largest absolute Gasteiger partial charge is 0.481 e. The maximum Gasteiger partial charge on any atom is 0.231 e. The van der Waals surface area contributed by atoms with Crippen molar-refractivity contribution >= 4 is 22.6 Å². The maximum atomic E-state index is 13.8. The van der Waals surface area contributed by atoms with Crippen LogP contribution in [0.2, 0.25) is 0 Å². The number of aromatic nitrogens is 3. The topological polar surface area (TPSA) is 69.0 Å². The van der Waals surface area contributed by atoms with Crippen molar-refractivity contribution in [2.75, 3.05) is 12.4 Å². The fraction of sp³-hybridized carbons (Fsp3) is 0.316. The van der Waals surface area contributed by atoms with Crippen LogP contribution in [-0.2, 0) is 11.3 Å². The Kier molecular flexibility index (Phi) is 4.25. The molecule has 1 aliphatic carbocycles. The predicted octanol–water partition coefficient (Wildman–Crippen LogP) is 3.56. The van der Waals surface area contributed by atoms with Gasteiger partial charge in [-0.1, -0.05) is 0 Å². The summed E-state index contributed by atoms with van der Waals surface area (Å²) in [6.45, 7) is 2.59. The van der Waals surface area contributed by atoms with Crippen molar-refractivity contribution in [2.24, 2.45) is 5.92 Å². The molecule has 1 aliphatic rings. The minimum absolute atomic E-state index is 0.261. The molecule has 1 fully saturated rings. The SMILES string of the molecule is CCn1c(-c2cc(F)cnc2OC)cc2cc(NC(=O)C3CC3F)ncc21. The number of hydrogen-bond donors (Lipinski definition) is 1. The lowest BCUT2D eigenvalue weighted by Crippen LogP contribution is -2.15. The van der Waals surface area contributed by atoms with E-state index >= 15 is 0 Å². The smallest absolute Gasteiger partial charge is 0.231 e. The highest BCUT2D eigenvalue weighted by Gasteiger charge is 2.43. The lowest BCUT2D eigenvalue weighted by atomic mass is 10.2. The second-order valence-electron chi connectivity index (χ2n) is 6.46. The number of amides is 1. The van der Waals surface area contributed by atoms with Gasteiger partial charge >= 0.3 is 0 Å². The normalized spacial score (nSPS) is 18.5. The molecular formula is C19H18F2N4O2. The Bertz CT molecular complexity index is 1030. The van der Waals surface area contributed by atoms with Gasteiger partial charge in [0.15, 0.2) is 0 Å². The number of pyridine rings is 2. The van der Waals surface area contributed by atoms with Gasteiger partial charge in [0.05, 0.1) is 42.2 Å². The third kappa shape index (κ3) is 3.11. The first-order valence-electron chi connectivity index (χ1n) is 8.66. The molecule has 2 atom stereocenters. The third-order valence-electron chi connectivity index (χ3n) is 4.69. The van der Waals surface area contributed by atoms with E-state index in [0.717, 1.165) is 22.8 Å². The van der Waals surface area contributed by atoms with E-state index in [4.69, 9.17) is 4.74 Å². The van der Waals surface area contributed by atoms with Gasteiger partial charge in [0.1, 0.15) is 17.8 Å². The van der Waals surface area contributed by atoms with Crippen LogP contribution in [0.3, 0.4) is 0 Å². The van der Waals surface area contributed by atoms with Crippen LogP contribution < -0.4 is 10.1 Å². The van der Waals surface area contributed by atoms with Gasteiger partial charge in [-0.05, 0) is 31.5 Å². The lowest BCUT2D eigenvalue weighted by Gasteiger charge is -2.11. The summed E-state index contributed by atoms with van der Waals surface area (Å²) in [4.78, 5) is 20.2. The van der Waals surface area contributed by atoms with Gasteiger partial charge in [0.25, 0.3) is 0 Å². The minimum atomic E-state index is -1.06. The number of nitrogens with one attached hydrogen (secondary N) is 1. The first-order chi connectivity index (χ1) is 13.0. The van der Waals surface area contributed by atoms with Gasteiger partial charge < -0.3 is 14.6 Å². The fourth-order valence-corrected chi connectivity index (χ4v) is 3.22. The van der Waals surface area contributed by atoms with Crippen LogP contribution in [0.5, 0.6) is 5.88 Å². The minimum Gasteiger partial charge on any atom is -0.481 e. The number of rotatable bonds is 5. The summed E-state index contributed by atoms with van der Waals surface area (Å²) >= 11 is 0. The zero-order valence-electron chi connectivity index (χ0n) is 14.9. The monoisotopic (exact) mass is 372 g/mol. The Morgan fingerprint density at radius 1 is 1.33 bits per heavy atom. The molecule has 4 rings (SSSR count). The van der Waals surface area contributed by atoms with Crippen LogP contribution in [0, 0.1) is 11.7 Å². The highest BCUT2D eigenvalue weighted by atomic mass is 19.1. The third-order valence-corrected chi connectivity index (χ3v) is 4.69. The molecule has 2 unspecified atom stereocenters. The molecule has 3 aromatic rings. The number of methoxy groups -OCH3 is 1. The molecule has 0 aliphatic heterocycles. The van der Waals surface area contributed by atoms with Crippen LogP contribution in [0.4, 0.5) is 14.6 Å². The zero-order chi connectivity index (χ0) is 19.1. The molecule has 140 valence electrons. The summed E-state index contributed by atoms with van der Waals surface area (Å²) in [5.41, 5.74) is 2.08. The number of hydrogen-bond acceptors (Lipinski definition) is 4. The first kappa shape index (κ1) is 17.4. The van der Waals surface area contributed by atoms with Gasteiger partial charge in [-0.25, -0.2) is 18.7 Å². The van der Waals surface area contributed by atoms with Crippen molar-refractivity contribution in [2.45, 2.75) is 26.1 Å². The molecule has 27 heavy (non-hydrogen) atoms. The number of anilines is 1.